The number of benzene rings is 1. The van der Waals surface area contributed by atoms with Gasteiger partial charge in [-0.2, -0.15) is 0 Å². The smallest absolute Gasteiger partial charge is 0.152 e. The molecule has 0 aliphatic carbocycles. The van der Waals surface area contributed by atoms with Crippen LogP contribution in [0.4, 0.5) is 0 Å². The monoisotopic (exact) mass is 238 g/mol. The molecule has 1 aromatic heterocycles. The number of aromatic nitrogens is 1. The van der Waals surface area contributed by atoms with Crippen LogP contribution in [0.3, 0.4) is 0 Å². The highest BCUT2D eigenvalue weighted by Gasteiger charge is 1.98. The van der Waals surface area contributed by atoms with Gasteiger partial charge in [0.05, 0.1) is 5.69 Å². The third-order valence-corrected chi connectivity index (χ3v) is 2.54. The molecule has 0 saturated carbocycles. The zero-order valence-corrected chi connectivity index (χ0v) is 8.52. The molecule has 3 heteroatoms. The Morgan fingerprint density at radius 2 is 2.33 bits per heavy atom. The molecular formula is C9H5BrNS. The molecule has 1 heterocycles. The predicted octanol–water partition coefficient (Wildman–Crippen LogP) is 3.37. The lowest BCUT2D eigenvalue weighted by molar-refractivity contribution is 1.39. The summed E-state index contributed by atoms with van der Waals surface area (Å²) >= 11 is 4.90. The summed E-state index contributed by atoms with van der Waals surface area (Å²) in [6.45, 7) is 0. The molecule has 0 N–H and O–H groups in total. The lowest BCUT2D eigenvalue weighted by atomic mass is 10.2. The minimum Gasteiger partial charge on any atom is -0.233 e. The van der Waals surface area contributed by atoms with E-state index < -0.39 is 0 Å². The summed E-state index contributed by atoms with van der Waals surface area (Å²) in [4.78, 5) is 4.10. The molecular weight excluding hydrogens is 234 g/mol. The van der Waals surface area contributed by atoms with Gasteiger partial charge in [-0.05, 0) is 12.1 Å². The van der Waals surface area contributed by atoms with E-state index in [-0.39, 0.29) is 0 Å². The van der Waals surface area contributed by atoms with Crippen LogP contribution < -0.4 is 0 Å². The molecule has 0 unspecified atom stereocenters. The van der Waals surface area contributed by atoms with Crippen molar-refractivity contribution in [3.8, 4) is 11.3 Å². The standard InChI is InChI=1S/C9H5BrNS/c10-8-3-1-2-7(4-8)9-5-12-6-11-9/h1-5H. The highest BCUT2D eigenvalue weighted by atomic mass is 79.9. The summed E-state index contributed by atoms with van der Waals surface area (Å²) in [6.07, 6.45) is 0. The highest BCUT2D eigenvalue weighted by molar-refractivity contribution is 9.10. The van der Waals surface area contributed by atoms with E-state index in [1.807, 2.05) is 29.6 Å². The lowest BCUT2D eigenvalue weighted by Crippen LogP contribution is -1.75. The van der Waals surface area contributed by atoms with Crippen molar-refractivity contribution in [3.63, 3.8) is 0 Å². The fourth-order valence-corrected chi connectivity index (χ4v) is 1.87. The summed E-state index contributed by atoms with van der Waals surface area (Å²) in [5.74, 6) is 0. The van der Waals surface area contributed by atoms with E-state index in [0.717, 1.165) is 15.7 Å². The minimum absolute atomic E-state index is 0.987. The number of hydrogen-bond acceptors (Lipinski definition) is 2. The predicted molar refractivity (Wildman–Crippen MR) is 54.1 cm³/mol. The maximum Gasteiger partial charge on any atom is 0.152 e. The van der Waals surface area contributed by atoms with Crippen molar-refractivity contribution < 1.29 is 0 Å². The van der Waals surface area contributed by atoms with E-state index in [1.54, 1.807) is 0 Å². The largest absolute Gasteiger partial charge is 0.233 e. The topological polar surface area (TPSA) is 12.9 Å². The van der Waals surface area contributed by atoms with Gasteiger partial charge >= 0.3 is 0 Å². The number of thiazole rings is 1. The van der Waals surface area contributed by atoms with E-state index in [9.17, 15) is 0 Å². The van der Waals surface area contributed by atoms with Crippen molar-refractivity contribution in [1.82, 2.24) is 4.98 Å². The van der Waals surface area contributed by atoms with Crippen LogP contribution in [0.25, 0.3) is 11.3 Å². The van der Waals surface area contributed by atoms with E-state index in [2.05, 4.69) is 26.4 Å². The molecule has 1 aromatic carbocycles. The average Bonchev–Trinajstić information content (AvgIpc) is 2.56. The van der Waals surface area contributed by atoms with Crippen molar-refractivity contribution in [1.29, 1.82) is 0 Å². The molecule has 59 valence electrons. The quantitative estimate of drug-likeness (QED) is 0.743. The molecule has 0 fully saturated rings. The van der Waals surface area contributed by atoms with E-state index in [1.165, 1.54) is 11.3 Å². The Bertz CT molecular complexity index is 370. The molecule has 0 aliphatic rings. The van der Waals surface area contributed by atoms with Gasteiger partial charge in [-0.15, -0.1) is 11.3 Å². The molecule has 0 aliphatic heterocycles. The molecule has 0 atom stereocenters. The Morgan fingerprint density at radius 1 is 1.42 bits per heavy atom. The van der Waals surface area contributed by atoms with Gasteiger partial charge in [-0.3, -0.25) is 0 Å². The summed E-state index contributed by atoms with van der Waals surface area (Å²) in [7, 11) is 0. The van der Waals surface area contributed by atoms with Crippen molar-refractivity contribution >= 4 is 27.3 Å². The third-order valence-electron chi connectivity index (χ3n) is 1.51. The minimum atomic E-state index is 0.987. The molecule has 1 nitrogen and oxygen atoms in total. The number of halogens is 1. The summed E-state index contributed by atoms with van der Waals surface area (Å²) in [5.41, 5.74) is 4.94. The second-order valence-corrected chi connectivity index (χ2v) is 3.90. The molecule has 0 saturated heterocycles. The Labute approximate surface area is 83.2 Å². The number of rotatable bonds is 1. The van der Waals surface area contributed by atoms with Gasteiger partial charge in [-0.1, -0.05) is 28.1 Å². The zero-order valence-electron chi connectivity index (χ0n) is 6.12. The van der Waals surface area contributed by atoms with Gasteiger partial charge in [0.15, 0.2) is 5.51 Å². The van der Waals surface area contributed by atoms with Crippen molar-refractivity contribution in [2.75, 3.05) is 0 Å². The zero-order chi connectivity index (χ0) is 8.39. The van der Waals surface area contributed by atoms with Gasteiger partial charge < -0.3 is 0 Å². The Morgan fingerprint density at radius 3 is 3.00 bits per heavy atom. The van der Waals surface area contributed by atoms with Crippen LogP contribution in [0.1, 0.15) is 0 Å². The van der Waals surface area contributed by atoms with Crippen LogP contribution in [0, 0.1) is 5.51 Å². The first-order chi connectivity index (χ1) is 5.86. The first-order valence-electron chi connectivity index (χ1n) is 3.44. The maximum atomic E-state index is 4.10. The Kier molecular flexibility index (Phi) is 2.23. The van der Waals surface area contributed by atoms with Gasteiger partial charge in [0.2, 0.25) is 0 Å². The molecule has 2 aromatic rings. The normalized spacial score (nSPS) is 10.1. The molecule has 0 bridgehead atoms. The fourth-order valence-electron chi connectivity index (χ4n) is 0.964. The van der Waals surface area contributed by atoms with Gasteiger partial charge in [0, 0.05) is 15.4 Å². The number of nitrogens with zero attached hydrogens (tertiary/aromatic N) is 1. The molecule has 2 rings (SSSR count). The van der Waals surface area contributed by atoms with Crippen LogP contribution in [-0.4, -0.2) is 4.98 Å². The van der Waals surface area contributed by atoms with Gasteiger partial charge in [-0.25, -0.2) is 4.98 Å². The average molecular weight is 239 g/mol. The lowest BCUT2D eigenvalue weighted by Gasteiger charge is -1.95. The first kappa shape index (κ1) is 7.95. The van der Waals surface area contributed by atoms with Gasteiger partial charge in [0.1, 0.15) is 0 Å². The first-order valence-corrected chi connectivity index (χ1v) is 5.11. The Hall–Kier alpha value is -0.670. The molecule has 12 heavy (non-hydrogen) atoms. The van der Waals surface area contributed by atoms with Crippen LogP contribution in [0.15, 0.2) is 34.1 Å². The maximum absolute atomic E-state index is 4.10. The van der Waals surface area contributed by atoms with Gasteiger partial charge in [0.25, 0.3) is 0 Å². The molecule has 0 amide bonds. The van der Waals surface area contributed by atoms with Crippen molar-refractivity contribution in [2.45, 2.75) is 0 Å². The highest BCUT2D eigenvalue weighted by Crippen LogP contribution is 2.21. The van der Waals surface area contributed by atoms with E-state index in [4.69, 9.17) is 0 Å². The van der Waals surface area contributed by atoms with E-state index >= 15 is 0 Å². The fraction of sp³-hybridized carbons (Fsp3) is 0. The second kappa shape index (κ2) is 3.37. The summed E-state index contributed by atoms with van der Waals surface area (Å²) in [5, 5.41) is 1.99. The van der Waals surface area contributed by atoms with E-state index in [0.29, 0.717) is 0 Å². The van der Waals surface area contributed by atoms with Crippen LogP contribution in [0.5, 0.6) is 0 Å². The SMILES string of the molecule is Brc1cccc(-c2cs[c]n2)c1. The molecule has 1 radical (unpaired) electrons. The van der Waals surface area contributed by atoms with Crippen LogP contribution in [-0.2, 0) is 0 Å². The molecule has 0 spiro atoms. The van der Waals surface area contributed by atoms with Crippen molar-refractivity contribution in [3.05, 3.63) is 39.6 Å². The Balaban J connectivity index is 2.48. The van der Waals surface area contributed by atoms with Crippen LogP contribution in [0.2, 0.25) is 0 Å². The summed E-state index contributed by atoms with van der Waals surface area (Å²) < 4.78 is 1.08. The summed E-state index contributed by atoms with van der Waals surface area (Å²) in [6, 6.07) is 8.08. The van der Waals surface area contributed by atoms with Crippen LogP contribution >= 0.6 is 27.3 Å². The third kappa shape index (κ3) is 1.57. The number of hydrogen-bond donors (Lipinski definition) is 0. The van der Waals surface area contributed by atoms with Crippen molar-refractivity contribution in [2.24, 2.45) is 0 Å². The second-order valence-electron chi connectivity index (χ2n) is 2.33.